The van der Waals surface area contributed by atoms with Crippen LogP contribution in [0.15, 0.2) is 30.3 Å². The van der Waals surface area contributed by atoms with Gasteiger partial charge in [-0.3, -0.25) is 4.79 Å². The summed E-state index contributed by atoms with van der Waals surface area (Å²) in [6.45, 7) is 1.79. The Morgan fingerprint density at radius 3 is 2.72 bits per heavy atom. The van der Waals surface area contributed by atoms with Crippen LogP contribution in [-0.4, -0.2) is 16.1 Å². The van der Waals surface area contributed by atoms with Crippen LogP contribution < -0.4 is 11.1 Å². The second kappa shape index (κ2) is 5.01. The number of aromatic nitrogens is 2. The monoisotopic (exact) mass is 262 g/mol. The molecule has 0 bridgehead atoms. The maximum atomic E-state index is 12.0. The first-order valence-corrected chi connectivity index (χ1v) is 5.61. The highest BCUT2D eigenvalue weighted by Crippen LogP contribution is 2.16. The van der Waals surface area contributed by atoms with Crippen LogP contribution in [0.5, 0.6) is 0 Å². The van der Waals surface area contributed by atoms with Gasteiger partial charge in [0.25, 0.3) is 5.91 Å². The summed E-state index contributed by atoms with van der Waals surface area (Å²) in [5.41, 5.74) is 7.56. The SMILES string of the molecule is Cc1c(N)cccc1C(=O)Nc1ccc(Cl)nn1. The zero-order chi connectivity index (χ0) is 13.1. The van der Waals surface area contributed by atoms with Crippen molar-refractivity contribution >= 4 is 29.0 Å². The lowest BCUT2D eigenvalue weighted by Crippen LogP contribution is -2.15. The largest absolute Gasteiger partial charge is 0.398 e. The van der Waals surface area contributed by atoms with E-state index in [4.69, 9.17) is 17.3 Å². The molecule has 2 aromatic rings. The van der Waals surface area contributed by atoms with Crippen molar-refractivity contribution in [1.29, 1.82) is 0 Å². The summed E-state index contributed by atoms with van der Waals surface area (Å²) in [6.07, 6.45) is 0. The van der Waals surface area contributed by atoms with Gasteiger partial charge >= 0.3 is 0 Å². The van der Waals surface area contributed by atoms with Gasteiger partial charge in [-0.15, -0.1) is 10.2 Å². The Morgan fingerprint density at radius 1 is 1.28 bits per heavy atom. The Bertz CT molecular complexity index is 583. The highest BCUT2D eigenvalue weighted by molar-refractivity contribution is 6.29. The van der Waals surface area contributed by atoms with Crippen LogP contribution >= 0.6 is 11.6 Å². The van der Waals surface area contributed by atoms with E-state index in [1.54, 1.807) is 37.3 Å². The molecule has 1 aromatic heterocycles. The van der Waals surface area contributed by atoms with Crippen LogP contribution in [0.2, 0.25) is 5.15 Å². The first-order valence-electron chi connectivity index (χ1n) is 5.23. The van der Waals surface area contributed by atoms with Crippen molar-refractivity contribution in [3.05, 3.63) is 46.6 Å². The van der Waals surface area contributed by atoms with Crippen molar-refractivity contribution in [2.24, 2.45) is 0 Å². The molecule has 0 saturated carbocycles. The molecule has 0 unspecified atom stereocenters. The molecule has 3 N–H and O–H groups in total. The fourth-order valence-corrected chi connectivity index (χ4v) is 1.57. The Kier molecular flexibility index (Phi) is 3.43. The number of rotatable bonds is 2. The quantitative estimate of drug-likeness (QED) is 0.814. The van der Waals surface area contributed by atoms with E-state index < -0.39 is 0 Å². The Balaban J connectivity index is 2.22. The third-order valence-electron chi connectivity index (χ3n) is 2.49. The molecule has 0 saturated heterocycles. The highest BCUT2D eigenvalue weighted by atomic mass is 35.5. The molecule has 0 atom stereocenters. The molecule has 1 aromatic carbocycles. The highest BCUT2D eigenvalue weighted by Gasteiger charge is 2.11. The molecule has 0 aliphatic carbocycles. The molecular formula is C12H11ClN4O. The second-order valence-electron chi connectivity index (χ2n) is 3.72. The van der Waals surface area contributed by atoms with Gasteiger partial charge < -0.3 is 11.1 Å². The number of nitrogens with one attached hydrogen (secondary N) is 1. The zero-order valence-electron chi connectivity index (χ0n) is 9.64. The number of nitrogens with zero attached hydrogens (tertiary/aromatic N) is 2. The van der Waals surface area contributed by atoms with Gasteiger partial charge in [-0.2, -0.15) is 0 Å². The van der Waals surface area contributed by atoms with Gasteiger partial charge in [-0.05, 0) is 36.8 Å². The molecule has 6 heteroatoms. The van der Waals surface area contributed by atoms with Crippen molar-refractivity contribution in [3.8, 4) is 0 Å². The smallest absolute Gasteiger partial charge is 0.257 e. The summed E-state index contributed by atoms with van der Waals surface area (Å²) < 4.78 is 0. The lowest BCUT2D eigenvalue weighted by molar-refractivity contribution is 0.102. The minimum Gasteiger partial charge on any atom is -0.398 e. The number of carbonyl (C=O) groups excluding carboxylic acids is 1. The van der Waals surface area contributed by atoms with Crippen LogP contribution in [-0.2, 0) is 0 Å². The average molecular weight is 263 g/mol. The van der Waals surface area contributed by atoms with E-state index in [1.807, 2.05) is 0 Å². The van der Waals surface area contributed by atoms with Gasteiger partial charge in [-0.1, -0.05) is 17.7 Å². The van der Waals surface area contributed by atoms with Crippen molar-refractivity contribution in [1.82, 2.24) is 10.2 Å². The number of benzene rings is 1. The predicted octanol–water partition coefficient (Wildman–Crippen LogP) is 2.27. The minimum atomic E-state index is -0.281. The topological polar surface area (TPSA) is 80.9 Å². The van der Waals surface area contributed by atoms with E-state index >= 15 is 0 Å². The van der Waals surface area contributed by atoms with E-state index in [1.165, 1.54) is 0 Å². The molecule has 1 amide bonds. The molecule has 18 heavy (non-hydrogen) atoms. The van der Waals surface area contributed by atoms with E-state index in [2.05, 4.69) is 15.5 Å². The van der Waals surface area contributed by atoms with Crippen molar-refractivity contribution < 1.29 is 4.79 Å². The first kappa shape index (κ1) is 12.3. The summed E-state index contributed by atoms with van der Waals surface area (Å²) >= 11 is 5.61. The van der Waals surface area contributed by atoms with Crippen LogP contribution in [0.1, 0.15) is 15.9 Å². The number of anilines is 2. The molecule has 92 valence electrons. The summed E-state index contributed by atoms with van der Waals surface area (Å²) in [4.78, 5) is 12.0. The summed E-state index contributed by atoms with van der Waals surface area (Å²) in [5, 5.41) is 10.3. The molecule has 0 spiro atoms. The zero-order valence-corrected chi connectivity index (χ0v) is 10.4. The van der Waals surface area contributed by atoms with Crippen LogP contribution in [0.4, 0.5) is 11.5 Å². The second-order valence-corrected chi connectivity index (χ2v) is 4.10. The van der Waals surface area contributed by atoms with Crippen molar-refractivity contribution in [2.75, 3.05) is 11.1 Å². The van der Waals surface area contributed by atoms with Crippen molar-refractivity contribution in [2.45, 2.75) is 6.92 Å². The van der Waals surface area contributed by atoms with Crippen molar-refractivity contribution in [3.63, 3.8) is 0 Å². The maximum Gasteiger partial charge on any atom is 0.257 e. The number of carbonyl (C=O) groups is 1. The van der Waals surface area contributed by atoms with Crippen LogP contribution in [0.25, 0.3) is 0 Å². The van der Waals surface area contributed by atoms with Gasteiger partial charge in [0, 0.05) is 11.3 Å². The third-order valence-corrected chi connectivity index (χ3v) is 2.70. The van der Waals surface area contributed by atoms with Crippen LogP contribution in [0.3, 0.4) is 0 Å². The fourth-order valence-electron chi connectivity index (χ4n) is 1.47. The van der Waals surface area contributed by atoms with E-state index in [9.17, 15) is 4.79 Å². The Morgan fingerprint density at radius 2 is 2.06 bits per heavy atom. The van der Waals surface area contributed by atoms with E-state index in [0.29, 0.717) is 17.1 Å². The Hall–Kier alpha value is -2.14. The standard InChI is InChI=1S/C12H11ClN4O/c1-7-8(3-2-4-9(7)14)12(18)15-11-6-5-10(13)16-17-11/h2-6H,14H2,1H3,(H,15,17,18). The molecule has 0 radical (unpaired) electrons. The summed E-state index contributed by atoms with van der Waals surface area (Å²) in [7, 11) is 0. The number of halogens is 1. The number of nitrogens with two attached hydrogens (primary N) is 1. The number of amides is 1. The van der Waals surface area contributed by atoms with Gasteiger partial charge in [0.1, 0.15) is 0 Å². The maximum absolute atomic E-state index is 12.0. The normalized spacial score (nSPS) is 10.1. The molecular weight excluding hydrogens is 252 g/mol. The van der Waals surface area contributed by atoms with E-state index in [0.717, 1.165) is 5.56 Å². The van der Waals surface area contributed by atoms with Gasteiger partial charge in [0.05, 0.1) is 0 Å². The van der Waals surface area contributed by atoms with Gasteiger partial charge in [0.15, 0.2) is 11.0 Å². The van der Waals surface area contributed by atoms with Crippen LogP contribution in [0, 0.1) is 6.92 Å². The molecule has 0 aliphatic heterocycles. The first-order chi connectivity index (χ1) is 8.58. The lowest BCUT2D eigenvalue weighted by Gasteiger charge is -2.08. The predicted molar refractivity (Wildman–Crippen MR) is 70.6 cm³/mol. The number of hydrogen-bond donors (Lipinski definition) is 2. The summed E-state index contributed by atoms with van der Waals surface area (Å²) in [5.74, 6) is 0.0580. The Labute approximate surface area is 109 Å². The number of nitrogen functional groups attached to an aromatic ring is 1. The lowest BCUT2D eigenvalue weighted by atomic mass is 10.1. The van der Waals surface area contributed by atoms with Gasteiger partial charge in [-0.25, -0.2) is 0 Å². The molecule has 0 aliphatic rings. The third kappa shape index (κ3) is 2.57. The minimum absolute atomic E-state index is 0.271. The average Bonchev–Trinajstić information content (AvgIpc) is 2.35. The van der Waals surface area contributed by atoms with E-state index in [-0.39, 0.29) is 11.1 Å². The molecule has 1 heterocycles. The summed E-state index contributed by atoms with van der Waals surface area (Å²) in [6, 6.07) is 8.30. The fraction of sp³-hybridized carbons (Fsp3) is 0.0833. The number of hydrogen-bond acceptors (Lipinski definition) is 4. The molecule has 5 nitrogen and oxygen atoms in total. The molecule has 2 rings (SSSR count). The van der Waals surface area contributed by atoms with Gasteiger partial charge in [0.2, 0.25) is 0 Å². The molecule has 0 fully saturated rings.